The molecule has 1 heterocycles. The maximum Gasteiger partial charge on any atom is 0.142 e. The van der Waals surface area contributed by atoms with Gasteiger partial charge < -0.3 is 5.73 Å². The lowest BCUT2D eigenvalue weighted by Gasteiger charge is -2.01. The summed E-state index contributed by atoms with van der Waals surface area (Å²) in [5.74, 6) is 0.0231. The molecule has 0 saturated carbocycles. The number of pyridine rings is 1. The van der Waals surface area contributed by atoms with Crippen molar-refractivity contribution < 1.29 is 0 Å². The average Bonchev–Trinajstić information content (AvgIpc) is 2.04. The Morgan fingerprint density at radius 3 is 2.91 bits per heavy atom. The van der Waals surface area contributed by atoms with Gasteiger partial charge in [0.2, 0.25) is 0 Å². The number of nitrogens with one attached hydrogen (secondary N) is 1. The molecule has 58 valence electrons. The molecule has 0 amide bonds. The van der Waals surface area contributed by atoms with Gasteiger partial charge in [0, 0.05) is 11.1 Å². The van der Waals surface area contributed by atoms with E-state index in [1.165, 1.54) is 0 Å². The van der Waals surface area contributed by atoms with E-state index in [4.69, 9.17) is 11.1 Å². The minimum atomic E-state index is 0.0231. The molecule has 0 aromatic carbocycles. The van der Waals surface area contributed by atoms with Crippen LogP contribution in [0.4, 0.5) is 0 Å². The number of nitrogens with two attached hydrogens (primary N) is 1. The number of rotatable bonds is 2. The monoisotopic (exact) mass is 167 g/mol. The molecule has 0 aliphatic heterocycles. The van der Waals surface area contributed by atoms with Crippen molar-refractivity contribution in [2.75, 3.05) is 6.26 Å². The molecule has 0 saturated heterocycles. The molecule has 11 heavy (non-hydrogen) atoms. The van der Waals surface area contributed by atoms with E-state index in [0.29, 0.717) is 5.69 Å². The summed E-state index contributed by atoms with van der Waals surface area (Å²) in [6, 6.07) is 3.73. The van der Waals surface area contributed by atoms with Crippen molar-refractivity contribution in [1.29, 1.82) is 5.41 Å². The molecule has 0 aliphatic rings. The zero-order chi connectivity index (χ0) is 8.27. The SMILES string of the molecule is CSc1cccnc1C(=N)N. The second-order valence-corrected chi connectivity index (χ2v) is 2.82. The molecule has 1 aromatic heterocycles. The van der Waals surface area contributed by atoms with Crippen LogP contribution in [0.25, 0.3) is 0 Å². The lowest BCUT2D eigenvalue weighted by atomic mass is 10.3. The summed E-state index contributed by atoms with van der Waals surface area (Å²) >= 11 is 1.54. The fourth-order valence-corrected chi connectivity index (χ4v) is 1.33. The standard InChI is InChI=1S/C7H9N3S/c1-11-5-3-2-4-10-6(5)7(8)9/h2-4H,1H3,(H3,8,9). The van der Waals surface area contributed by atoms with Crippen LogP contribution in [0.5, 0.6) is 0 Å². The predicted molar refractivity (Wildman–Crippen MR) is 47.0 cm³/mol. The number of thioether (sulfide) groups is 1. The third kappa shape index (κ3) is 1.71. The molecular formula is C7H9N3S. The van der Waals surface area contributed by atoms with E-state index in [1.807, 2.05) is 18.4 Å². The van der Waals surface area contributed by atoms with Gasteiger partial charge in [0.05, 0.1) is 0 Å². The van der Waals surface area contributed by atoms with Crippen LogP contribution < -0.4 is 5.73 Å². The molecule has 0 spiro atoms. The van der Waals surface area contributed by atoms with E-state index >= 15 is 0 Å². The summed E-state index contributed by atoms with van der Waals surface area (Å²) in [6.45, 7) is 0. The van der Waals surface area contributed by atoms with Crippen molar-refractivity contribution >= 4 is 17.6 Å². The lowest BCUT2D eigenvalue weighted by Crippen LogP contribution is -2.13. The van der Waals surface area contributed by atoms with Crippen molar-refractivity contribution in [3.05, 3.63) is 24.0 Å². The highest BCUT2D eigenvalue weighted by molar-refractivity contribution is 7.98. The third-order valence-electron chi connectivity index (χ3n) is 1.25. The average molecular weight is 167 g/mol. The van der Waals surface area contributed by atoms with Gasteiger partial charge in [-0.3, -0.25) is 10.4 Å². The quantitative estimate of drug-likeness (QED) is 0.393. The molecule has 3 nitrogen and oxygen atoms in total. The first-order valence-corrected chi connectivity index (χ1v) is 4.31. The van der Waals surface area contributed by atoms with Gasteiger partial charge in [-0.05, 0) is 18.4 Å². The number of nitrogen functional groups attached to an aromatic ring is 1. The molecular weight excluding hydrogens is 158 g/mol. The fourth-order valence-electron chi connectivity index (χ4n) is 0.758. The van der Waals surface area contributed by atoms with Crippen molar-refractivity contribution in [1.82, 2.24) is 4.98 Å². The molecule has 0 radical (unpaired) electrons. The predicted octanol–water partition coefficient (Wildman–Crippen LogP) is 1.09. The smallest absolute Gasteiger partial charge is 0.142 e. The van der Waals surface area contributed by atoms with Gasteiger partial charge in [0.1, 0.15) is 11.5 Å². The van der Waals surface area contributed by atoms with Gasteiger partial charge in [-0.15, -0.1) is 11.8 Å². The van der Waals surface area contributed by atoms with Crippen LogP contribution >= 0.6 is 11.8 Å². The highest BCUT2D eigenvalue weighted by atomic mass is 32.2. The first kappa shape index (κ1) is 8.07. The number of hydrogen-bond acceptors (Lipinski definition) is 3. The Balaban J connectivity index is 3.12. The number of aromatic nitrogens is 1. The van der Waals surface area contributed by atoms with Gasteiger partial charge in [-0.1, -0.05) is 0 Å². The molecule has 0 bridgehead atoms. The molecule has 1 aromatic rings. The number of hydrogen-bond donors (Lipinski definition) is 2. The first-order chi connectivity index (χ1) is 5.25. The summed E-state index contributed by atoms with van der Waals surface area (Å²) in [4.78, 5) is 4.92. The van der Waals surface area contributed by atoms with Crippen LogP contribution in [0, 0.1) is 5.41 Å². The highest BCUT2D eigenvalue weighted by Crippen LogP contribution is 2.16. The molecule has 0 unspecified atom stereocenters. The van der Waals surface area contributed by atoms with Crippen LogP contribution in [-0.2, 0) is 0 Å². The second-order valence-electron chi connectivity index (χ2n) is 1.97. The topological polar surface area (TPSA) is 62.8 Å². The van der Waals surface area contributed by atoms with E-state index in [0.717, 1.165) is 4.90 Å². The molecule has 0 fully saturated rings. The first-order valence-electron chi connectivity index (χ1n) is 3.09. The molecule has 4 heteroatoms. The second kappa shape index (κ2) is 3.39. The van der Waals surface area contributed by atoms with Crippen LogP contribution in [0.1, 0.15) is 5.69 Å². The Kier molecular flexibility index (Phi) is 2.48. The Morgan fingerprint density at radius 1 is 1.73 bits per heavy atom. The van der Waals surface area contributed by atoms with E-state index in [2.05, 4.69) is 4.98 Å². The Labute approximate surface area is 69.5 Å². The van der Waals surface area contributed by atoms with Crippen molar-refractivity contribution in [2.45, 2.75) is 4.90 Å². The van der Waals surface area contributed by atoms with Gasteiger partial charge >= 0.3 is 0 Å². The number of nitrogens with zero attached hydrogens (tertiary/aromatic N) is 1. The van der Waals surface area contributed by atoms with Crippen LogP contribution in [-0.4, -0.2) is 17.1 Å². The Hall–Kier alpha value is -1.03. The highest BCUT2D eigenvalue weighted by Gasteiger charge is 2.03. The largest absolute Gasteiger partial charge is 0.382 e. The maximum absolute atomic E-state index is 7.18. The van der Waals surface area contributed by atoms with Gasteiger partial charge in [0.25, 0.3) is 0 Å². The molecule has 0 atom stereocenters. The van der Waals surface area contributed by atoms with Gasteiger partial charge in [-0.2, -0.15) is 0 Å². The molecule has 3 N–H and O–H groups in total. The van der Waals surface area contributed by atoms with Crippen molar-refractivity contribution in [2.24, 2.45) is 5.73 Å². The fraction of sp³-hybridized carbons (Fsp3) is 0.143. The van der Waals surface area contributed by atoms with Gasteiger partial charge in [0.15, 0.2) is 0 Å². The molecule has 0 aliphatic carbocycles. The summed E-state index contributed by atoms with van der Waals surface area (Å²) < 4.78 is 0. The van der Waals surface area contributed by atoms with Crippen LogP contribution in [0.3, 0.4) is 0 Å². The zero-order valence-electron chi connectivity index (χ0n) is 6.16. The summed E-state index contributed by atoms with van der Waals surface area (Å²) in [6.07, 6.45) is 3.57. The van der Waals surface area contributed by atoms with Crippen molar-refractivity contribution in [3.8, 4) is 0 Å². The Bertz CT molecular complexity index is 272. The van der Waals surface area contributed by atoms with E-state index < -0.39 is 0 Å². The lowest BCUT2D eigenvalue weighted by molar-refractivity contribution is 1.18. The van der Waals surface area contributed by atoms with Gasteiger partial charge in [-0.25, -0.2) is 0 Å². The minimum Gasteiger partial charge on any atom is -0.382 e. The third-order valence-corrected chi connectivity index (χ3v) is 2.01. The number of amidine groups is 1. The zero-order valence-corrected chi connectivity index (χ0v) is 6.98. The van der Waals surface area contributed by atoms with E-state index in [-0.39, 0.29) is 5.84 Å². The van der Waals surface area contributed by atoms with Crippen molar-refractivity contribution in [3.63, 3.8) is 0 Å². The molecule has 1 rings (SSSR count). The van der Waals surface area contributed by atoms with Crippen LogP contribution in [0.2, 0.25) is 0 Å². The summed E-state index contributed by atoms with van der Waals surface area (Å²) in [5.41, 5.74) is 5.87. The summed E-state index contributed by atoms with van der Waals surface area (Å²) in [7, 11) is 0. The summed E-state index contributed by atoms with van der Waals surface area (Å²) in [5, 5.41) is 7.18. The normalized spacial score (nSPS) is 9.55. The Morgan fingerprint density at radius 2 is 2.45 bits per heavy atom. The maximum atomic E-state index is 7.18. The van der Waals surface area contributed by atoms with E-state index in [9.17, 15) is 0 Å². The van der Waals surface area contributed by atoms with E-state index in [1.54, 1.807) is 18.0 Å². The minimum absolute atomic E-state index is 0.0231. The van der Waals surface area contributed by atoms with Crippen LogP contribution in [0.15, 0.2) is 23.2 Å².